The zero-order chi connectivity index (χ0) is 15.0. The van der Waals surface area contributed by atoms with Crippen LogP contribution in [0.2, 0.25) is 10.0 Å². The highest BCUT2D eigenvalue weighted by Gasteiger charge is 2.14. The van der Waals surface area contributed by atoms with Crippen LogP contribution >= 0.6 is 34.8 Å². The number of fused-ring (bicyclic) bond motifs is 1. The number of alkyl halides is 1. The Morgan fingerprint density at radius 1 is 1.05 bits per heavy atom. The zero-order valence-electron chi connectivity index (χ0n) is 10.8. The number of halogens is 4. The first kappa shape index (κ1) is 14.6. The van der Waals surface area contributed by atoms with E-state index in [-0.39, 0.29) is 5.82 Å². The maximum atomic E-state index is 13.1. The summed E-state index contributed by atoms with van der Waals surface area (Å²) in [5, 5.41) is 0.898. The minimum absolute atomic E-state index is 0.289. The number of imidazole rings is 1. The van der Waals surface area contributed by atoms with Crippen LogP contribution in [-0.4, -0.2) is 15.4 Å². The van der Waals surface area contributed by atoms with E-state index in [9.17, 15) is 4.39 Å². The van der Waals surface area contributed by atoms with Crippen LogP contribution < -0.4 is 0 Å². The van der Waals surface area contributed by atoms with E-state index in [1.54, 1.807) is 24.3 Å². The first-order valence-corrected chi connectivity index (χ1v) is 7.57. The monoisotopic (exact) mass is 342 g/mol. The molecule has 2 aromatic carbocycles. The molecule has 0 saturated heterocycles. The van der Waals surface area contributed by atoms with Crippen LogP contribution in [0.4, 0.5) is 4.39 Å². The van der Waals surface area contributed by atoms with Gasteiger partial charge in [0.05, 0.1) is 21.1 Å². The van der Waals surface area contributed by atoms with Crippen molar-refractivity contribution in [2.45, 2.75) is 6.42 Å². The Hall–Kier alpha value is -1.29. The standard InChI is InChI=1S/C15H10Cl3FN2/c16-6-5-15-20-13-7-11(17)12(18)8-14(13)21(15)10-3-1-9(19)2-4-10/h1-4,7-8H,5-6H2. The lowest BCUT2D eigenvalue weighted by atomic mass is 10.2. The van der Waals surface area contributed by atoms with Crippen LogP contribution in [0.25, 0.3) is 16.7 Å². The highest BCUT2D eigenvalue weighted by Crippen LogP contribution is 2.30. The summed E-state index contributed by atoms with van der Waals surface area (Å²) >= 11 is 18.0. The van der Waals surface area contributed by atoms with Crippen LogP contribution in [0, 0.1) is 5.82 Å². The van der Waals surface area contributed by atoms with Gasteiger partial charge in [0.2, 0.25) is 0 Å². The molecular formula is C15H10Cl3FN2. The topological polar surface area (TPSA) is 17.8 Å². The highest BCUT2D eigenvalue weighted by molar-refractivity contribution is 6.42. The molecule has 0 aliphatic rings. The number of aryl methyl sites for hydroxylation is 1. The van der Waals surface area contributed by atoms with Crippen molar-refractivity contribution in [1.82, 2.24) is 9.55 Å². The third kappa shape index (κ3) is 2.73. The Balaban J connectivity index is 2.29. The van der Waals surface area contributed by atoms with Crippen LogP contribution in [-0.2, 0) is 6.42 Å². The second kappa shape index (κ2) is 5.84. The molecule has 1 aromatic heterocycles. The first-order valence-electron chi connectivity index (χ1n) is 6.28. The number of hydrogen-bond acceptors (Lipinski definition) is 1. The summed E-state index contributed by atoms with van der Waals surface area (Å²) in [6.45, 7) is 0. The number of rotatable bonds is 3. The van der Waals surface area contributed by atoms with Gasteiger partial charge in [-0.2, -0.15) is 0 Å². The summed E-state index contributed by atoms with van der Waals surface area (Å²) in [6.07, 6.45) is 0.586. The van der Waals surface area contributed by atoms with Crippen molar-refractivity contribution >= 4 is 45.8 Å². The van der Waals surface area contributed by atoms with E-state index in [0.29, 0.717) is 22.3 Å². The van der Waals surface area contributed by atoms with Gasteiger partial charge >= 0.3 is 0 Å². The summed E-state index contributed by atoms with van der Waals surface area (Å²) in [7, 11) is 0. The molecule has 6 heteroatoms. The van der Waals surface area contributed by atoms with Gasteiger partial charge in [0.1, 0.15) is 11.6 Å². The number of hydrogen-bond donors (Lipinski definition) is 0. The van der Waals surface area contributed by atoms with Crippen molar-refractivity contribution in [3.05, 3.63) is 58.1 Å². The normalized spacial score (nSPS) is 11.2. The van der Waals surface area contributed by atoms with Crippen molar-refractivity contribution in [2.24, 2.45) is 0 Å². The lowest BCUT2D eigenvalue weighted by Crippen LogP contribution is -2.02. The molecule has 0 bridgehead atoms. The lowest BCUT2D eigenvalue weighted by molar-refractivity contribution is 0.627. The molecule has 0 atom stereocenters. The van der Waals surface area contributed by atoms with Gasteiger partial charge in [0.15, 0.2) is 0 Å². The molecule has 3 aromatic rings. The van der Waals surface area contributed by atoms with E-state index in [0.717, 1.165) is 22.5 Å². The fourth-order valence-corrected chi connectivity index (χ4v) is 2.74. The molecule has 21 heavy (non-hydrogen) atoms. The van der Waals surface area contributed by atoms with Crippen LogP contribution in [0.3, 0.4) is 0 Å². The van der Waals surface area contributed by atoms with E-state index in [1.807, 2.05) is 4.57 Å². The fraction of sp³-hybridized carbons (Fsp3) is 0.133. The number of nitrogens with zero attached hydrogens (tertiary/aromatic N) is 2. The lowest BCUT2D eigenvalue weighted by Gasteiger charge is -2.09. The Kier molecular flexibility index (Phi) is 4.07. The molecule has 1 heterocycles. The quantitative estimate of drug-likeness (QED) is 0.594. The molecule has 0 amide bonds. The molecule has 108 valence electrons. The van der Waals surface area contributed by atoms with Gasteiger partial charge in [-0.1, -0.05) is 23.2 Å². The summed E-state index contributed by atoms with van der Waals surface area (Å²) in [5.74, 6) is 0.930. The molecule has 3 rings (SSSR count). The van der Waals surface area contributed by atoms with Crippen LogP contribution in [0.1, 0.15) is 5.82 Å². The van der Waals surface area contributed by atoms with Crippen molar-refractivity contribution in [3.63, 3.8) is 0 Å². The molecule has 0 aliphatic heterocycles. The van der Waals surface area contributed by atoms with E-state index in [4.69, 9.17) is 34.8 Å². The first-order chi connectivity index (χ1) is 10.1. The SMILES string of the molecule is Fc1ccc(-n2c(CCCl)nc3cc(Cl)c(Cl)cc32)cc1. The third-order valence-electron chi connectivity index (χ3n) is 3.17. The van der Waals surface area contributed by atoms with Crippen molar-refractivity contribution in [1.29, 1.82) is 0 Å². The van der Waals surface area contributed by atoms with Gasteiger partial charge in [0.25, 0.3) is 0 Å². The van der Waals surface area contributed by atoms with Crippen LogP contribution in [0.15, 0.2) is 36.4 Å². The molecule has 0 spiro atoms. The Labute approximate surface area is 136 Å². The molecule has 2 nitrogen and oxygen atoms in total. The maximum absolute atomic E-state index is 13.1. The second-order valence-corrected chi connectivity index (χ2v) is 5.73. The summed E-state index contributed by atoms with van der Waals surface area (Å²) < 4.78 is 15.0. The van der Waals surface area contributed by atoms with E-state index in [1.165, 1.54) is 12.1 Å². The summed E-state index contributed by atoms with van der Waals surface area (Å²) in [4.78, 5) is 4.54. The van der Waals surface area contributed by atoms with Gasteiger partial charge < -0.3 is 0 Å². The third-order valence-corrected chi connectivity index (χ3v) is 4.08. The second-order valence-electron chi connectivity index (χ2n) is 4.53. The highest BCUT2D eigenvalue weighted by atomic mass is 35.5. The largest absolute Gasteiger partial charge is 0.296 e. The minimum Gasteiger partial charge on any atom is -0.296 e. The van der Waals surface area contributed by atoms with Crippen molar-refractivity contribution in [2.75, 3.05) is 5.88 Å². The maximum Gasteiger partial charge on any atom is 0.123 e. The van der Waals surface area contributed by atoms with Crippen molar-refractivity contribution < 1.29 is 4.39 Å². The Morgan fingerprint density at radius 3 is 2.38 bits per heavy atom. The van der Waals surface area contributed by atoms with E-state index < -0.39 is 0 Å². The van der Waals surface area contributed by atoms with Gasteiger partial charge in [0, 0.05) is 18.0 Å². The molecule has 0 saturated carbocycles. The number of aromatic nitrogens is 2. The molecule has 0 fully saturated rings. The smallest absolute Gasteiger partial charge is 0.123 e. The predicted octanol–water partition coefficient (Wildman–Crippen LogP) is 5.25. The summed E-state index contributed by atoms with van der Waals surface area (Å²) in [5.41, 5.74) is 2.35. The Bertz CT molecular complexity index is 797. The average molecular weight is 344 g/mol. The predicted molar refractivity (Wildman–Crippen MR) is 85.5 cm³/mol. The molecule has 0 aliphatic carbocycles. The summed E-state index contributed by atoms with van der Waals surface area (Å²) in [6, 6.07) is 9.67. The Morgan fingerprint density at radius 2 is 1.71 bits per heavy atom. The number of benzene rings is 2. The average Bonchev–Trinajstić information content (AvgIpc) is 2.78. The molecule has 0 radical (unpaired) electrons. The van der Waals surface area contributed by atoms with E-state index in [2.05, 4.69) is 4.98 Å². The van der Waals surface area contributed by atoms with Gasteiger partial charge in [-0.15, -0.1) is 11.6 Å². The van der Waals surface area contributed by atoms with Crippen LogP contribution in [0.5, 0.6) is 0 Å². The molecule has 0 unspecified atom stereocenters. The molecule has 0 N–H and O–H groups in total. The van der Waals surface area contributed by atoms with Gasteiger partial charge in [-0.25, -0.2) is 9.37 Å². The van der Waals surface area contributed by atoms with E-state index >= 15 is 0 Å². The zero-order valence-corrected chi connectivity index (χ0v) is 13.1. The van der Waals surface area contributed by atoms with Gasteiger partial charge in [-0.3, -0.25) is 4.57 Å². The molecular weight excluding hydrogens is 334 g/mol. The minimum atomic E-state index is -0.289. The van der Waals surface area contributed by atoms with Crippen molar-refractivity contribution in [3.8, 4) is 5.69 Å². The van der Waals surface area contributed by atoms with Gasteiger partial charge in [-0.05, 0) is 36.4 Å². The fourth-order valence-electron chi connectivity index (χ4n) is 2.25.